The highest BCUT2D eigenvalue weighted by Crippen LogP contribution is 2.44. The fourth-order valence-corrected chi connectivity index (χ4v) is 7.79. The van der Waals surface area contributed by atoms with Gasteiger partial charge in [-0.05, 0) is 68.5 Å². The van der Waals surface area contributed by atoms with Crippen molar-refractivity contribution >= 4 is 21.7 Å². The van der Waals surface area contributed by atoms with E-state index in [9.17, 15) is 18.3 Å². The average Bonchev–Trinajstić information content (AvgIpc) is 3.10. The van der Waals surface area contributed by atoms with Crippen LogP contribution >= 0.6 is 0 Å². The molecule has 31 heavy (non-hydrogen) atoms. The molecule has 0 bridgehead atoms. The topological polar surface area (TPSA) is 77.9 Å². The Hall–Kier alpha value is -2.38. The molecule has 0 amide bonds. The number of sulfonamides is 1. The fraction of sp³-hybridized carbons (Fsp3) is 0.458. The zero-order valence-electron chi connectivity index (χ0n) is 18.4. The molecule has 2 aliphatic rings. The third kappa shape index (κ3) is 3.74. The molecule has 1 fully saturated rings. The first kappa shape index (κ1) is 21.8. The molecule has 7 heteroatoms. The molecule has 2 unspecified atom stereocenters. The van der Waals surface area contributed by atoms with E-state index in [2.05, 4.69) is 36.9 Å². The molecule has 0 spiro atoms. The third-order valence-corrected chi connectivity index (χ3v) is 9.32. The Kier molecular flexibility index (Phi) is 5.60. The number of carbonyl (C=O) groups is 1. The van der Waals surface area contributed by atoms with Crippen molar-refractivity contribution in [1.82, 2.24) is 4.31 Å². The summed E-state index contributed by atoms with van der Waals surface area (Å²) in [7, 11) is -3.86. The van der Waals surface area contributed by atoms with E-state index in [-0.39, 0.29) is 18.5 Å². The van der Waals surface area contributed by atoms with Crippen LogP contribution in [0, 0.1) is 19.8 Å². The minimum Gasteiger partial charge on any atom is -0.481 e. The second-order valence-corrected chi connectivity index (χ2v) is 11.0. The molecule has 1 saturated heterocycles. The van der Waals surface area contributed by atoms with Crippen LogP contribution in [0.2, 0.25) is 0 Å². The molecule has 1 aliphatic heterocycles. The average molecular weight is 443 g/mol. The van der Waals surface area contributed by atoms with Gasteiger partial charge in [-0.25, -0.2) is 8.42 Å². The van der Waals surface area contributed by atoms with Gasteiger partial charge in [0.15, 0.2) is 0 Å². The Morgan fingerprint density at radius 1 is 1.00 bits per heavy atom. The van der Waals surface area contributed by atoms with E-state index < -0.39 is 27.2 Å². The molecule has 4 atom stereocenters. The van der Waals surface area contributed by atoms with Crippen molar-refractivity contribution in [3.63, 3.8) is 0 Å². The molecule has 4 rings (SSSR count). The van der Waals surface area contributed by atoms with E-state index in [1.165, 1.54) is 11.1 Å². The maximum atomic E-state index is 13.9. The van der Waals surface area contributed by atoms with Crippen molar-refractivity contribution in [3.05, 3.63) is 64.7 Å². The highest BCUT2D eigenvalue weighted by atomic mass is 32.2. The van der Waals surface area contributed by atoms with Gasteiger partial charge in [0.1, 0.15) is 5.25 Å². The number of piperazine rings is 1. The van der Waals surface area contributed by atoms with Crippen molar-refractivity contribution in [2.75, 3.05) is 18.0 Å². The predicted octanol–water partition coefficient (Wildman–Crippen LogP) is 3.53. The van der Waals surface area contributed by atoms with Crippen LogP contribution in [-0.4, -0.2) is 49.0 Å². The lowest BCUT2D eigenvalue weighted by molar-refractivity contribution is -0.141. The zero-order chi connectivity index (χ0) is 22.5. The summed E-state index contributed by atoms with van der Waals surface area (Å²) in [4.78, 5) is 14.2. The van der Waals surface area contributed by atoms with Crippen LogP contribution in [0.5, 0.6) is 0 Å². The maximum absolute atomic E-state index is 13.9. The van der Waals surface area contributed by atoms with Crippen molar-refractivity contribution in [2.24, 2.45) is 5.92 Å². The number of benzene rings is 2. The Morgan fingerprint density at radius 3 is 2.26 bits per heavy atom. The number of hydrogen-bond acceptors (Lipinski definition) is 4. The van der Waals surface area contributed by atoms with E-state index in [0.717, 1.165) is 11.3 Å². The van der Waals surface area contributed by atoms with Gasteiger partial charge in [-0.3, -0.25) is 4.79 Å². The SMILES string of the molecule is Cc1ccc(N2CC(C)N(S(=O)(=O)[C@@H]3c4ccccc4C[C@@H]3C(=O)O)C(C)C2)cc1C. The molecule has 2 aromatic rings. The highest BCUT2D eigenvalue weighted by Gasteiger charge is 2.50. The van der Waals surface area contributed by atoms with Gasteiger partial charge in [-0.2, -0.15) is 4.31 Å². The first-order valence-corrected chi connectivity index (χ1v) is 12.3. The largest absolute Gasteiger partial charge is 0.481 e. The smallest absolute Gasteiger partial charge is 0.308 e. The molecule has 1 heterocycles. The number of rotatable bonds is 4. The first-order chi connectivity index (χ1) is 14.6. The Bertz CT molecular complexity index is 1100. The lowest BCUT2D eigenvalue weighted by Crippen LogP contribution is -2.59. The quantitative estimate of drug-likeness (QED) is 0.784. The van der Waals surface area contributed by atoms with Gasteiger partial charge < -0.3 is 10.0 Å². The van der Waals surface area contributed by atoms with Crippen molar-refractivity contribution in [3.8, 4) is 0 Å². The maximum Gasteiger partial charge on any atom is 0.308 e. The molecule has 0 aromatic heterocycles. The zero-order valence-corrected chi connectivity index (χ0v) is 19.3. The summed E-state index contributed by atoms with van der Waals surface area (Å²) in [5.41, 5.74) is 4.97. The lowest BCUT2D eigenvalue weighted by atomic mass is 10.1. The van der Waals surface area contributed by atoms with Crippen LogP contribution in [0.4, 0.5) is 5.69 Å². The standard InChI is InChI=1S/C24H30N2O4S/c1-15-9-10-20(11-16(15)2)25-13-17(3)26(18(4)14-25)31(29,30)23-21-8-6-5-7-19(21)12-22(23)24(27)28/h5-11,17-18,22-23H,12-14H2,1-4H3,(H,27,28)/t17?,18?,22-,23+/m0/s1. The van der Waals surface area contributed by atoms with Crippen LogP contribution in [0.1, 0.15) is 41.4 Å². The lowest BCUT2D eigenvalue weighted by Gasteiger charge is -2.45. The van der Waals surface area contributed by atoms with Crippen molar-refractivity contribution < 1.29 is 18.3 Å². The number of anilines is 1. The monoisotopic (exact) mass is 442 g/mol. The van der Waals surface area contributed by atoms with Gasteiger partial charge in [-0.1, -0.05) is 30.3 Å². The van der Waals surface area contributed by atoms with Gasteiger partial charge in [0.25, 0.3) is 0 Å². The van der Waals surface area contributed by atoms with E-state index in [4.69, 9.17) is 0 Å². The molecule has 1 N–H and O–H groups in total. The number of aryl methyl sites for hydroxylation is 2. The molecular weight excluding hydrogens is 412 g/mol. The summed E-state index contributed by atoms with van der Waals surface area (Å²) in [6, 6.07) is 13.0. The highest BCUT2D eigenvalue weighted by molar-refractivity contribution is 7.89. The van der Waals surface area contributed by atoms with Crippen LogP contribution in [0.15, 0.2) is 42.5 Å². The van der Waals surface area contributed by atoms with E-state index >= 15 is 0 Å². The minimum atomic E-state index is -3.86. The molecular formula is C24H30N2O4S. The number of carboxylic acids is 1. The molecule has 1 aliphatic carbocycles. The Balaban J connectivity index is 1.66. The molecule has 166 valence electrons. The normalized spacial score (nSPS) is 26.6. The van der Waals surface area contributed by atoms with Crippen LogP contribution in [0.25, 0.3) is 0 Å². The second kappa shape index (κ2) is 7.95. The van der Waals surface area contributed by atoms with Crippen molar-refractivity contribution in [2.45, 2.75) is 51.4 Å². The molecule has 6 nitrogen and oxygen atoms in total. The summed E-state index contributed by atoms with van der Waals surface area (Å²) in [6.45, 7) is 9.12. The second-order valence-electron chi connectivity index (χ2n) is 9.01. The van der Waals surface area contributed by atoms with Crippen LogP contribution in [0.3, 0.4) is 0 Å². The van der Waals surface area contributed by atoms with Crippen molar-refractivity contribution in [1.29, 1.82) is 0 Å². The fourth-order valence-electron chi connectivity index (χ4n) is 5.22. The van der Waals surface area contributed by atoms with Gasteiger partial charge >= 0.3 is 5.97 Å². The van der Waals surface area contributed by atoms with Crippen LogP contribution < -0.4 is 4.90 Å². The van der Waals surface area contributed by atoms with E-state index in [1.54, 1.807) is 16.4 Å². The first-order valence-electron chi connectivity index (χ1n) is 10.8. The molecule has 0 radical (unpaired) electrons. The number of aliphatic carboxylic acids is 1. The van der Waals surface area contributed by atoms with E-state index in [1.807, 2.05) is 26.0 Å². The Labute approximate surface area is 184 Å². The number of fused-ring (bicyclic) bond motifs is 1. The molecule has 2 aromatic carbocycles. The van der Waals surface area contributed by atoms with E-state index in [0.29, 0.717) is 18.7 Å². The summed E-state index contributed by atoms with van der Waals surface area (Å²) >= 11 is 0. The third-order valence-electron chi connectivity index (χ3n) is 6.79. The number of nitrogens with zero attached hydrogens (tertiary/aromatic N) is 2. The summed E-state index contributed by atoms with van der Waals surface area (Å²) < 4.78 is 29.3. The number of hydrogen-bond donors (Lipinski definition) is 1. The number of carboxylic acid groups (broad SMARTS) is 1. The van der Waals surface area contributed by atoms with Gasteiger partial charge in [-0.15, -0.1) is 0 Å². The minimum absolute atomic E-state index is 0.251. The van der Waals surface area contributed by atoms with Gasteiger partial charge in [0.05, 0.1) is 5.92 Å². The summed E-state index contributed by atoms with van der Waals surface area (Å²) in [5, 5.41) is 8.75. The van der Waals surface area contributed by atoms with Crippen LogP contribution in [-0.2, 0) is 21.2 Å². The Morgan fingerprint density at radius 2 is 1.65 bits per heavy atom. The van der Waals surface area contributed by atoms with Gasteiger partial charge in [0.2, 0.25) is 10.0 Å². The van der Waals surface area contributed by atoms with Gasteiger partial charge in [0, 0.05) is 30.9 Å². The molecule has 0 saturated carbocycles. The summed E-state index contributed by atoms with van der Waals surface area (Å²) in [6.07, 6.45) is 0.251. The summed E-state index contributed by atoms with van der Waals surface area (Å²) in [5.74, 6) is -2.02. The predicted molar refractivity (Wildman–Crippen MR) is 122 cm³/mol.